The third-order valence-corrected chi connectivity index (χ3v) is 4.95. The molecule has 0 amide bonds. The molecule has 0 spiro atoms. The van der Waals surface area contributed by atoms with E-state index in [-0.39, 0.29) is 11.0 Å². The summed E-state index contributed by atoms with van der Waals surface area (Å²) >= 11 is 1.98. The molecule has 0 radical (unpaired) electrons. The van der Waals surface area contributed by atoms with Crippen molar-refractivity contribution in [2.24, 2.45) is 5.41 Å². The van der Waals surface area contributed by atoms with Gasteiger partial charge in [-0.05, 0) is 19.4 Å². The highest BCUT2D eigenvalue weighted by Gasteiger charge is 2.55. The molecule has 0 bridgehead atoms. The van der Waals surface area contributed by atoms with Crippen molar-refractivity contribution in [3.63, 3.8) is 0 Å². The summed E-state index contributed by atoms with van der Waals surface area (Å²) in [5.74, 6) is -0.370. The van der Waals surface area contributed by atoms with E-state index in [1.54, 1.807) is 0 Å². The van der Waals surface area contributed by atoms with Crippen LogP contribution in [0.4, 0.5) is 0 Å². The lowest BCUT2D eigenvalue weighted by atomic mass is 9.71. The van der Waals surface area contributed by atoms with Crippen LogP contribution in [0, 0.1) is 5.41 Å². The fourth-order valence-electron chi connectivity index (χ4n) is 2.79. The predicted octanol–water partition coefficient (Wildman–Crippen LogP) is 5.16. The van der Waals surface area contributed by atoms with Crippen LogP contribution < -0.4 is 0 Å². The molecule has 0 saturated carbocycles. The van der Waals surface area contributed by atoms with Crippen molar-refractivity contribution < 1.29 is 7.80 Å². The summed E-state index contributed by atoms with van der Waals surface area (Å²) in [5, 5.41) is 0. The minimum atomic E-state index is -0.708. The van der Waals surface area contributed by atoms with Crippen molar-refractivity contribution in [3.8, 4) is 0 Å². The fraction of sp³-hybridized carbons (Fsp3) is 0.625. The zero-order valence-electron chi connectivity index (χ0n) is 12.6. The Morgan fingerprint density at radius 3 is 2.32 bits per heavy atom. The second-order valence-corrected chi connectivity index (χ2v) is 7.40. The lowest BCUT2D eigenvalue weighted by molar-refractivity contribution is -0.297. The monoisotopic (exact) mass is 374 g/mol. The van der Waals surface area contributed by atoms with Gasteiger partial charge in [0.15, 0.2) is 0 Å². The lowest BCUT2D eigenvalue weighted by Crippen LogP contribution is -2.54. The summed E-state index contributed by atoms with van der Waals surface area (Å²) in [4.78, 5) is 0. The highest BCUT2D eigenvalue weighted by molar-refractivity contribution is 14.1. The van der Waals surface area contributed by atoms with Gasteiger partial charge in [0.25, 0.3) is 0 Å². The molecular formula is C16H23IO2. The van der Waals surface area contributed by atoms with Crippen LogP contribution in [0.2, 0.25) is 0 Å². The highest BCUT2D eigenvalue weighted by Crippen LogP contribution is 2.55. The minimum Gasteiger partial charge on any atom is -0.338 e. The van der Waals surface area contributed by atoms with Gasteiger partial charge in [0, 0.05) is 16.9 Å². The van der Waals surface area contributed by atoms with E-state index in [0.717, 1.165) is 5.56 Å². The van der Waals surface area contributed by atoms with E-state index >= 15 is 0 Å². The number of fused-ring (bicyclic) bond motifs is 1. The Labute approximate surface area is 130 Å². The largest absolute Gasteiger partial charge is 0.338 e. The zero-order valence-corrected chi connectivity index (χ0v) is 14.7. The Morgan fingerprint density at radius 2 is 1.79 bits per heavy atom. The molecular weight excluding hydrogens is 351 g/mol. The number of rotatable bonds is 1. The third kappa shape index (κ3) is 2.24. The SMILES string of the molecule is CC1c2ccccc2C(OI)(C(C)(C)C)OC1(C)C. The molecule has 0 saturated heterocycles. The molecule has 0 N–H and O–H groups in total. The molecule has 106 valence electrons. The summed E-state index contributed by atoms with van der Waals surface area (Å²) in [6, 6.07) is 8.48. The van der Waals surface area contributed by atoms with E-state index in [1.807, 2.05) is 23.0 Å². The quantitative estimate of drug-likeness (QED) is 0.632. The maximum Gasteiger partial charge on any atom is 0.211 e. The van der Waals surface area contributed by atoms with Crippen LogP contribution in [0.5, 0.6) is 0 Å². The Balaban J connectivity index is 2.73. The number of benzene rings is 1. The summed E-state index contributed by atoms with van der Waals surface area (Å²) < 4.78 is 12.4. The Hall–Kier alpha value is -0.130. The number of halogens is 1. The summed E-state index contributed by atoms with van der Waals surface area (Å²) in [7, 11) is 0. The topological polar surface area (TPSA) is 18.5 Å². The average molecular weight is 374 g/mol. The van der Waals surface area contributed by atoms with Gasteiger partial charge in [0.1, 0.15) is 23.0 Å². The standard InChI is InChI=1S/C16H23IO2/c1-11-12-9-7-8-10-13(12)16(19-17,14(2,3)4)18-15(11,5)6/h7-11H,1-6H3. The van der Waals surface area contributed by atoms with Gasteiger partial charge in [0.05, 0.1) is 5.60 Å². The van der Waals surface area contributed by atoms with Gasteiger partial charge >= 0.3 is 0 Å². The first-order valence-electron chi connectivity index (χ1n) is 6.75. The first-order chi connectivity index (χ1) is 8.66. The maximum absolute atomic E-state index is 6.48. The molecule has 19 heavy (non-hydrogen) atoms. The minimum absolute atomic E-state index is 0.151. The second-order valence-electron chi connectivity index (χ2n) is 6.96. The van der Waals surface area contributed by atoms with E-state index in [2.05, 4.69) is 65.8 Å². The molecule has 1 aliphatic heterocycles. The van der Waals surface area contributed by atoms with Crippen LogP contribution in [-0.4, -0.2) is 5.60 Å². The molecule has 2 atom stereocenters. The fourth-order valence-corrected chi connectivity index (χ4v) is 3.78. The van der Waals surface area contributed by atoms with Crippen LogP contribution in [0.3, 0.4) is 0 Å². The van der Waals surface area contributed by atoms with Gasteiger partial charge in [-0.15, -0.1) is 0 Å². The molecule has 2 unspecified atom stereocenters. The predicted molar refractivity (Wildman–Crippen MR) is 86.3 cm³/mol. The Morgan fingerprint density at radius 1 is 1.21 bits per heavy atom. The smallest absolute Gasteiger partial charge is 0.211 e. The highest BCUT2D eigenvalue weighted by atomic mass is 127. The van der Waals surface area contributed by atoms with E-state index in [9.17, 15) is 0 Å². The summed E-state index contributed by atoms with van der Waals surface area (Å²) in [6.07, 6.45) is 0. The molecule has 3 heteroatoms. The molecule has 2 nitrogen and oxygen atoms in total. The van der Waals surface area contributed by atoms with Gasteiger partial charge in [-0.3, -0.25) is 3.07 Å². The van der Waals surface area contributed by atoms with Crippen molar-refractivity contribution in [3.05, 3.63) is 35.4 Å². The second kappa shape index (κ2) is 4.71. The zero-order chi connectivity index (χ0) is 14.5. The first-order valence-corrected chi connectivity index (χ1v) is 7.63. The maximum atomic E-state index is 6.48. The van der Waals surface area contributed by atoms with E-state index in [4.69, 9.17) is 7.80 Å². The van der Waals surface area contributed by atoms with Crippen molar-refractivity contribution in [1.29, 1.82) is 0 Å². The van der Waals surface area contributed by atoms with Crippen LogP contribution in [0.15, 0.2) is 24.3 Å². The molecule has 1 aromatic carbocycles. The van der Waals surface area contributed by atoms with E-state index < -0.39 is 5.79 Å². The molecule has 0 fully saturated rings. The number of hydrogen-bond donors (Lipinski definition) is 0. The molecule has 0 aromatic heterocycles. The van der Waals surface area contributed by atoms with Crippen LogP contribution in [-0.2, 0) is 13.6 Å². The average Bonchev–Trinajstić information content (AvgIpc) is 2.32. The van der Waals surface area contributed by atoms with Gasteiger partial charge in [-0.25, -0.2) is 0 Å². The van der Waals surface area contributed by atoms with E-state index in [0.29, 0.717) is 5.92 Å². The molecule has 1 aliphatic rings. The van der Waals surface area contributed by atoms with Crippen LogP contribution >= 0.6 is 23.0 Å². The van der Waals surface area contributed by atoms with Gasteiger partial charge < -0.3 is 4.74 Å². The van der Waals surface area contributed by atoms with Crippen molar-refractivity contribution in [2.75, 3.05) is 0 Å². The van der Waals surface area contributed by atoms with Gasteiger partial charge in [0.2, 0.25) is 5.79 Å². The molecule has 1 heterocycles. The summed E-state index contributed by atoms with van der Waals surface area (Å²) in [5.41, 5.74) is 2.07. The van der Waals surface area contributed by atoms with Crippen molar-refractivity contribution in [1.82, 2.24) is 0 Å². The Kier molecular flexibility index (Phi) is 3.78. The van der Waals surface area contributed by atoms with Crippen LogP contribution in [0.1, 0.15) is 58.6 Å². The number of ether oxygens (including phenoxy) is 1. The van der Waals surface area contributed by atoms with Crippen molar-refractivity contribution in [2.45, 2.75) is 58.8 Å². The third-order valence-electron chi connectivity index (χ3n) is 4.33. The van der Waals surface area contributed by atoms with Gasteiger partial charge in [-0.1, -0.05) is 52.0 Å². The summed E-state index contributed by atoms with van der Waals surface area (Å²) in [6.45, 7) is 13.0. The Bertz CT molecular complexity index is 476. The number of hydrogen-bond acceptors (Lipinski definition) is 2. The normalized spacial score (nSPS) is 29.9. The molecule has 2 rings (SSSR count). The lowest BCUT2D eigenvalue weighted by Gasteiger charge is -2.53. The molecule has 1 aromatic rings. The van der Waals surface area contributed by atoms with Crippen LogP contribution in [0.25, 0.3) is 0 Å². The molecule has 0 aliphatic carbocycles. The van der Waals surface area contributed by atoms with E-state index in [1.165, 1.54) is 5.56 Å². The first kappa shape index (κ1) is 15.3. The van der Waals surface area contributed by atoms with Gasteiger partial charge in [-0.2, -0.15) is 0 Å². The van der Waals surface area contributed by atoms with Crippen molar-refractivity contribution >= 4 is 23.0 Å².